The number of hydrogen-bond acceptors (Lipinski definition) is 6. The molecule has 7 nitrogen and oxygen atoms in total. The molecular formula is C25H36NaO7. The van der Waals surface area contributed by atoms with Gasteiger partial charge in [0.25, 0.3) is 0 Å². The zero-order chi connectivity index (χ0) is 23.4. The number of carboxylic acids is 1. The number of rotatable bonds is 4. The number of aliphatic hydroxyl groups excluding tert-OH is 3. The SMILES string of the molecule is CC(C)C1=CCC2(C)CCC3(C)C(=CC=C(C(=O)O)CC3OC3OCC(O)C(O)C3O)C12.[Na]. The Hall–Kier alpha value is -0.510. The van der Waals surface area contributed by atoms with E-state index in [4.69, 9.17) is 9.47 Å². The van der Waals surface area contributed by atoms with Crippen molar-refractivity contribution in [2.24, 2.45) is 22.7 Å². The minimum absolute atomic E-state index is 0. The molecule has 8 atom stereocenters. The van der Waals surface area contributed by atoms with E-state index in [1.54, 1.807) is 6.08 Å². The average molecular weight is 472 g/mol. The van der Waals surface area contributed by atoms with Gasteiger partial charge in [-0.3, -0.25) is 0 Å². The number of ether oxygens (including phenoxy) is 2. The first-order valence-corrected chi connectivity index (χ1v) is 11.6. The van der Waals surface area contributed by atoms with Crippen LogP contribution in [-0.4, -0.2) is 93.3 Å². The van der Waals surface area contributed by atoms with Crippen molar-refractivity contribution in [3.63, 3.8) is 0 Å². The third-order valence-corrected chi connectivity index (χ3v) is 8.29. The van der Waals surface area contributed by atoms with Crippen molar-refractivity contribution in [2.75, 3.05) is 6.61 Å². The van der Waals surface area contributed by atoms with Crippen LogP contribution in [0.3, 0.4) is 0 Å². The van der Waals surface area contributed by atoms with Crippen LogP contribution in [-0.2, 0) is 14.3 Å². The summed E-state index contributed by atoms with van der Waals surface area (Å²) in [6.07, 6.45) is 3.36. The molecule has 179 valence electrons. The predicted molar refractivity (Wildman–Crippen MR) is 123 cm³/mol. The third kappa shape index (κ3) is 4.68. The molecule has 0 aromatic rings. The van der Waals surface area contributed by atoms with Crippen LogP contribution in [0.15, 0.2) is 34.9 Å². The molecule has 1 heterocycles. The average Bonchev–Trinajstić information content (AvgIpc) is 3.01. The van der Waals surface area contributed by atoms with Crippen LogP contribution in [0.25, 0.3) is 0 Å². The molecule has 8 heteroatoms. The van der Waals surface area contributed by atoms with Crippen LogP contribution < -0.4 is 0 Å². The van der Waals surface area contributed by atoms with Crippen LogP contribution in [0.1, 0.15) is 53.4 Å². The minimum Gasteiger partial charge on any atom is -0.478 e. The molecule has 1 saturated carbocycles. The van der Waals surface area contributed by atoms with Gasteiger partial charge in [-0.2, -0.15) is 0 Å². The second-order valence-electron chi connectivity index (χ2n) is 10.8. The topological polar surface area (TPSA) is 116 Å². The van der Waals surface area contributed by atoms with Crippen molar-refractivity contribution >= 4 is 35.5 Å². The first-order chi connectivity index (χ1) is 15.0. The summed E-state index contributed by atoms with van der Waals surface area (Å²) in [6, 6.07) is 0. The Morgan fingerprint density at radius 1 is 1.15 bits per heavy atom. The van der Waals surface area contributed by atoms with Gasteiger partial charge in [0.2, 0.25) is 0 Å². The first kappa shape index (κ1) is 27.1. The summed E-state index contributed by atoms with van der Waals surface area (Å²) in [4.78, 5) is 12.0. The van der Waals surface area contributed by atoms with E-state index in [0.29, 0.717) is 5.92 Å². The maximum atomic E-state index is 12.0. The second-order valence-corrected chi connectivity index (χ2v) is 10.8. The van der Waals surface area contributed by atoms with E-state index in [1.165, 1.54) is 11.1 Å². The second kappa shape index (κ2) is 9.86. The number of aliphatic hydroxyl groups is 3. The summed E-state index contributed by atoms with van der Waals surface area (Å²) in [7, 11) is 0. The van der Waals surface area contributed by atoms with Crippen LogP contribution in [0.2, 0.25) is 0 Å². The predicted octanol–water partition coefficient (Wildman–Crippen LogP) is 2.18. The number of aliphatic carboxylic acids is 1. The summed E-state index contributed by atoms with van der Waals surface area (Å²) < 4.78 is 11.8. The van der Waals surface area contributed by atoms with E-state index in [0.717, 1.165) is 19.3 Å². The van der Waals surface area contributed by atoms with Crippen LogP contribution >= 0.6 is 0 Å². The third-order valence-electron chi connectivity index (χ3n) is 8.29. The van der Waals surface area contributed by atoms with Gasteiger partial charge < -0.3 is 29.9 Å². The van der Waals surface area contributed by atoms with E-state index in [-0.39, 0.29) is 59.5 Å². The van der Waals surface area contributed by atoms with Crippen molar-refractivity contribution in [3.05, 3.63) is 34.9 Å². The Kier molecular flexibility index (Phi) is 8.09. The van der Waals surface area contributed by atoms with Crippen molar-refractivity contribution in [2.45, 2.75) is 84.1 Å². The smallest absolute Gasteiger partial charge is 0.331 e. The number of fused-ring (bicyclic) bond motifs is 3. The molecule has 0 aromatic carbocycles. The molecule has 4 rings (SSSR count). The van der Waals surface area contributed by atoms with E-state index >= 15 is 0 Å². The molecule has 0 amide bonds. The fourth-order valence-corrected chi connectivity index (χ4v) is 6.11. The van der Waals surface area contributed by atoms with Gasteiger partial charge in [-0.1, -0.05) is 57.1 Å². The fourth-order valence-electron chi connectivity index (χ4n) is 6.11. The van der Waals surface area contributed by atoms with Gasteiger partial charge in [-0.15, -0.1) is 0 Å². The standard InChI is InChI=1S/C25H36O7.Na/c1-13(2)15-7-8-24(3)9-10-25(4)16(19(15)24)6-5-14(22(29)30)11-18(25)32-23-21(28)20(27)17(26)12-31-23;/h5-7,13,17-21,23,26-28H,8-12H2,1-4H3,(H,29,30);. The fraction of sp³-hybridized carbons (Fsp3) is 0.720. The number of carbonyl (C=O) groups is 1. The Balaban J connectivity index is 0.00000306. The Bertz CT molecular complexity index is 865. The Morgan fingerprint density at radius 2 is 1.85 bits per heavy atom. The summed E-state index contributed by atoms with van der Waals surface area (Å²) in [5.74, 6) is -0.399. The van der Waals surface area contributed by atoms with Crippen molar-refractivity contribution < 1.29 is 34.7 Å². The van der Waals surface area contributed by atoms with Gasteiger partial charge in [0.15, 0.2) is 6.29 Å². The molecule has 33 heavy (non-hydrogen) atoms. The zero-order valence-electron chi connectivity index (χ0n) is 20.3. The summed E-state index contributed by atoms with van der Waals surface area (Å²) >= 11 is 0. The van der Waals surface area contributed by atoms with Gasteiger partial charge in [-0.05, 0) is 30.6 Å². The van der Waals surface area contributed by atoms with Crippen LogP contribution in [0.5, 0.6) is 0 Å². The molecule has 0 bridgehead atoms. The van der Waals surface area contributed by atoms with Gasteiger partial charge in [0.05, 0.1) is 12.7 Å². The largest absolute Gasteiger partial charge is 0.478 e. The first-order valence-electron chi connectivity index (χ1n) is 11.6. The molecular weight excluding hydrogens is 435 g/mol. The van der Waals surface area contributed by atoms with Crippen molar-refractivity contribution in [1.29, 1.82) is 0 Å². The van der Waals surface area contributed by atoms with Gasteiger partial charge in [-0.25, -0.2) is 4.79 Å². The van der Waals surface area contributed by atoms with E-state index < -0.39 is 42.1 Å². The molecule has 0 spiro atoms. The molecule has 2 fully saturated rings. The number of hydrogen-bond donors (Lipinski definition) is 4. The maximum absolute atomic E-state index is 12.0. The van der Waals surface area contributed by atoms with Gasteiger partial charge in [0.1, 0.15) is 18.3 Å². The summed E-state index contributed by atoms with van der Waals surface area (Å²) in [5.41, 5.74) is 2.45. The Labute approximate surface area is 217 Å². The van der Waals surface area contributed by atoms with Gasteiger partial charge >= 0.3 is 5.97 Å². The van der Waals surface area contributed by atoms with E-state index in [1.807, 2.05) is 6.08 Å². The quantitative estimate of drug-likeness (QED) is 0.367. The molecule has 1 saturated heterocycles. The molecule has 0 aromatic heterocycles. The normalized spacial score (nSPS) is 42.8. The molecule has 1 aliphatic heterocycles. The van der Waals surface area contributed by atoms with Crippen LogP contribution in [0, 0.1) is 22.7 Å². The molecule has 8 unspecified atom stereocenters. The van der Waals surface area contributed by atoms with Gasteiger partial charge in [0, 0.05) is 52.9 Å². The van der Waals surface area contributed by atoms with E-state index in [9.17, 15) is 25.2 Å². The molecule has 1 radical (unpaired) electrons. The number of carboxylic acid groups (broad SMARTS) is 1. The van der Waals surface area contributed by atoms with E-state index in [2.05, 4.69) is 33.8 Å². The minimum atomic E-state index is -1.42. The van der Waals surface area contributed by atoms with Crippen LogP contribution in [0.4, 0.5) is 0 Å². The molecule has 3 aliphatic carbocycles. The maximum Gasteiger partial charge on any atom is 0.331 e. The monoisotopic (exact) mass is 471 g/mol. The molecule has 4 aliphatic rings. The molecule has 4 N–H and O–H groups in total. The summed E-state index contributed by atoms with van der Waals surface area (Å²) in [6.45, 7) is 8.69. The van der Waals surface area contributed by atoms with Crippen molar-refractivity contribution in [3.8, 4) is 0 Å². The number of allylic oxidation sites excluding steroid dienone is 4. The van der Waals surface area contributed by atoms with Crippen molar-refractivity contribution in [1.82, 2.24) is 0 Å². The summed E-state index contributed by atoms with van der Waals surface area (Å²) in [5, 5.41) is 40.1. The zero-order valence-corrected chi connectivity index (χ0v) is 22.3. The Morgan fingerprint density at radius 3 is 2.48 bits per heavy atom.